The zero-order valence-corrected chi connectivity index (χ0v) is 14.2. The Labute approximate surface area is 149 Å². The first-order chi connectivity index (χ1) is 12.3. The number of rotatable bonds is 7. The lowest BCUT2D eigenvalue weighted by molar-refractivity contribution is -0.134. The fraction of sp³-hybridized carbons (Fsp3) is 0.158. The quantitative estimate of drug-likeness (QED) is 0.648. The predicted octanol–water partition coefficient (Wildman–Crippen LogP) is 3.82. The van der Waals surface area contributed by atoms with Crippen LogP contribution in [0.3, 0.4) is 0 Å². The highest BCUT2D eigenvalue weighted by molar-refractivity contribution is 7.09. The number of carbonyl (C=O) groups is 1. The van der Waals surface area contributed by atoms with Gasteiger partial charge in [-0.2, -0.15) is 5.26 Å². The van der Waals surface area contributed by atoms with Crippen LogP contribution in [-0.2, 0) is 17.9 Å². The van der Waals surface area contributed by atoms with Gasteiger partial charge in [-0.15, -0.1) is 11.3 Å². The van der Waals surface area contributed by atoms with E-state index in [1.54, 1.807) is 52.8 Å². The van der Waals surface area contributed by atoms with E-state index in [-0.39, 0.29) is 12.5 Å². The minimum atomic E-state index is -0.169. The number of amides is 1. The van der Waals surface area contributed by atoms with E-state index in [0.717, 1.165) is 4.88 Å². The van der Waals surface area contributed by atoms with E-state index in [0.29, 0.717) is 30.2 Å². The van der Waals surface area contributed by atoms with Gasteiger partial charge in [-0.05, 0) is 35.7 Å². The van der Waals surface area contributed by atoms with E-state index < -0.39 is 0 Å². The second-order valence-corrected chi connectivity index (χ2v) is 6.34. The van der Waals surface area contributed by atoms with Gasteiger partial charge in [-0.3, -0.25) is 4.79 Å². The molecule has 0 atom stereocenters. The van der Waals surface area contributed by atoms with Gasteiger partial charge in [-0.1, -0.05) is 18.2 Å². The summed E-state index contributed by atoms with van der Waals surface area (Å²) in [4.78, 5) is 15.4. The molecule has 0 aliphatic rings. The molecule has 0 N–H and O–H groups in total. The van der Waals surface area contributed by atoms with E-state index in [9.17, 15) is 4.79 Å². The largest absolute Gasteiger partial charge is 0.482 e. The van der Waals surface area contributed by atoms with E-state index in [4.69, 9.17) is 14.4 Å². The summed E-state index contributed by atoms with van der Waals surface area (Å²) < 4.78 is 10.9. The molecule has 0 aliphatic heterocycles. The minimum absolute atomic E-state index is 0.134. The first-order valence-corrected chi connectivity index (χ1v) is 8.58. The van der Waals surface area contributed by atoms with Gasteiger partial charge in [0.15, 0.2) is 6.61 Å². The van der Waals surface area contributed by atoms with Gasteiger partial charge in [0.1, 0.15) is 17.6 Å². The van der Waals surface area contributed by atoms with Crippen molar-refractivity contribution in [2.75, 3.05) is 6.61 Å². The monoisotopic (exact) mass is 352 g/mol. The molecule has 2 aromatic heterocycles. The number of furan rings is 1. The maximum atomic E-state index is 12.6. The van der Waals surface area contributed by atoms with Crippen LogP contribution in [0, 0.1) is 11.3 Å². The Morgan fingerprint density at radius 3 is 2.76 bits per heavy atom. The fourth-order valence-electron chi connectivity index (χ4n) is 2.33. The average molecular weight is 352 g/mol. The van der Waals surface area contributed by atoms with Crippen LogP contribution >= 0.6 is 11.3 Å². The normalized spacial score (nSPS) is 10.2. The van der Waals surface area contributed by atoms with Gasteiger partial charge in [0.05, 0.1) is 24.9 Å². The summed E-state index contributed by atoms with van der Waals surface area (Å²) >= 11 is 1.59. The first kappa shape index (κ1) is 16.8. The lowest BCUT2D eigenvalue weighted by Crippen LogP contribution is -2.33. The van der Waals surface area contributed by atoms with Gasteiger partial charge >= 0.3 is 0 Å². The lowest BCUT2D eigenvalue weighted by atomic mass is 10.2. The number of ether oxygens (including phenoxy) is 1. The highest BCUT2D eigenvalue weighted by atomic mass is 32.1. The summed E-state index contributed by atoms with van der Waals surface area (Å²) in [5.41, 5.74) is 0.408. The number of nitrogens with zero attached hydrogens (tertiary/aromatic N) is 2. The summed E-state index contributed by atoms with van der Waals surface area (Å²) in [6, 6.07) is 16.5. The molecule has 0 saturated heterocycles. The Morgan fingerprint density at radius 2 is 2.04 bits per heavy atom. The van der Waals surface area contributed by atoms with Gasteiger partial charge in [0, 0.05) is 4.88 Å². The Balaban J connectivity index is 1.69. The zero-order chi connectivity index (χ0) is 17.5. The molecule has 0 aliphatic carbocycles. The summed E-state index contributed by atoms with van der Waals surface area (Å²) in [7, 11) is 0. The first-order valence-electron chi connectivity index (χ1n) is 7.70. The highest BCUT2D eigenvalue weighted by Gasteiger charge is 2.17. The molecule has 0 fully saturated rings. The van der Waals surface area contributed by atoms with E-state index >= 15 is 0 Å². The molecule has 3 rings (SSSR count). The van der Waals surface area contributed by atoms with Crippen LogP contribution in [0.1, 0.15) is 16.2 Å². The fourth-order valence-corrected chi connectivity index (χ4v) is 3.05. The lowest BCUT2D eigenvalue weighted by Gasteiger charge is -2.21. The summed E-state index contributed by atoms with van der Waals surface area (Å²) in [5, 5.41) is 11.1. The van der Waals surface area contributed by atoms with Crippen molar-refractivity contribution >= 4 is 17.2 Å². The third-order valence-corrected chi connectivity index (χ3v) is 4.43. The number of carbonyl (C=O) groups excluding carboxylic acids is 1. The Morgan fingerprint density at radius 1 is 1.16 bits per heavy atom. The average Bonchev–Trinajstić information content (AvgIpc) is 3.33. The number of nitriles is 1. The molecule has 2 heterocycles. The molecule has 1 amide bonds. The molecule has 0 radical (unpaired) electrons. The standard InChI is InChI=1S/C19H16N2O3S/c20-11-15-5-1-2-8-18(15)24-14-19(22)21(12-16-6-3-9-23-16)13-17-7-4-10-25-17/h1-10H,12-14H2. The molecular formula is C19H16N2O3S. The van der Waals surface area contributed by atoms with Crippen LogP contribution in [0.4, 0.5) is 0 Å². The van der Waals surface area contributed by atoms with E-state index in [1.807, 2.05) is 23.6 Å². The molecule has 0 spiro atoms. The highest BCUT2D eigenvalue weighted by Crippen LogP contribution is 2.18. The minimum Gasteiger partial charge on any atom is -0.482 e. The van der Waals surface area contributed by atoms with Crippen LogP contribution in [0.25, 0.3) is 0 Å². The number of para-hydroxylation sites is 1. The van der Waals surface area contributed by atoms with Crippen molar-refractivity contribution in [3.05, 3.63) is 76.4 Å². The third-order valence-electron chi connectivity index (χ3n) is 3.56. The van der Waals surface area contributed by atoms with Crippen LogP contribution in [0.15, 0.2) is 64.6 Å². The van der Waals surface area contributed by atoms with Crippen LogP contribution in [0.2, 0.25) is 0 Å². The zero-order valence-electron chi connectivity index (χ0n) is 13.4. The summed E-state index contributed by atoms with van der Waals surface area (Å²) in [6.45, 7) is 0.720. The van der Waals surface area contributed by atoms with Gasteiger partial charge in [0.2, 0.25) is 0 Å². The predicted molar refractivity (Wildman–Crippen MR) is 93.9 cm³/mol. The maximum absolute atomic E-state index is 12.6. The van der Waals surface area contributed by atoms with Gasteiger partial charge < -0.3 is 14.1 Å². The molecule has 3 aromatic rings. The number of thiophene rings is 1. The SMILES string of the molecule is N#Cc1ccccc1OCC(=O)N(Cc1ccco1)Cc1cccs1. The van der Waals surface area contributed by atoms with E-state index in [1.165, 1.54) is 0 Å². The second kappa shape index (κ2) is 8.18. The topological polar surface area (TPSA) is 66.5 Å². The number of hydrogen-bond acceptors (Lipinski definition) is 5. The Hall–Kier alpha value is -3.04. The third kappa shape index (κ3) is 4.49. The molecule has 6 heteroatoms. The van der Waals surface area contributed by atoms with Crippen molar-refractivity contribution in [1.29, 1.82) is 5.26 Å². The van der Waals surface area contributed by atoms with Crippen molar-refractivity contribution in [3.63, 3.8) is 0 Å². The van der Waals surface area contributed by atoms with Gasteiger partial charge in [-0.25, -0.2) is 0 Å². The van der Waals surface area contributed by atoms with Crippen LogP contribution in [0.5, 0.6) is 5.75 Å². The summed E-state index contributed by atoms with van der Waals surface area (Å²) in [6.07, 6.45) is 1.59. The molecule has 0 saturated carbocycles. The molecule has 0 bridgehead atoms. The second-order valence-electron chi connectivity index (χ2n) is 5.31. The molecule has 0 unspecified atom stereocenters. The van der Waals surface area contributed by atoms with Gasteiger partial charge in [0.25, 0.3) is 5.91 Å². The summed E-state index contributed by atoms with van der Waals surface area (Å²) in [5.74, 6) is 0.951. The number of benzene rings is 1. The van der Waals surface area contributed by atoms with Crippen molar-refractivity contribution in [3.8, 4) is 11.8 Å². The van der Waals surface area contributed by atoms with Crippen molar-refractivity contribution in [2.24, 2.45) is 0 Å². The van der Waals surface area contributed by atoms with E-state index in [2.05, 4.69) is 6.07 Å². The Kier molecular flexibility index (Phi) is 5.50. The molecule has 25 heavy (non-hydrogen) atoms. The molecule has 1 aromatic carbocycles. The number of hydrogen-bond donors (Lipinski definition) is 0. The Bertz CT molecular complexity index is 815. The van der Waals surface area contributed by atoms with Crippen molar-refractivity contribution in [1.82, 2.24) is 4.90 Å². The smallest absolute Gasteiger partial charge is 0.261 e. The maximum Gasteiger partial charge on any atom is 0.261 e. The molecule has 126 valence electrons. The van der Waals surface area contributed by atoms with Crippen LogP contribution in [-0.4, -0.2) is 17.4 Å². The van der Waals surface area contributed by atoms with Crippen LogP contribution < -0.4 is 4.74 Å². The van der Waals surface area contributed by atoms with Crippen molar-refractivity contribution in [2.45, 2.75) is 13.1 Å². The molecular weight excluding hydrogens is 336 g/mol. The van der Waals surface area contributed by atoms with Crippen molar-refractivity contribution < 1.29 is 13.9 Å². The molecule has 5 nitrogen and oxygen atoms in total.